The van der Waals surface area contributed by atoms with Crippen LogP contribution in [0, 0.1) is 5.92 Å². The summed E-state index contributed by atoms with van der Waals surface area (Å²) in [6, 6.07) is 0. The van der Waals surface area contributed by atoms with E-state index >= 15 is 0 Å². The van der Waals surface area contributed by atoms with E-state index in [0.717, 1.165) is 12.8 Å². The Kier molecular flexibility index (Phi) is 5.12. The Hall–Kier alpha value is -0.370. The Morgan fingerprint density at radius 3 is 2.36 bits per heavy atom. The minimum atomic E-state index is 0.238. The van der Waals surface area contributed by atoms with Crippen molar-refractivity contribution in [2.75, 3.05) is 20.6 Å². The molecule has 0 aliphatic carbocycles. The Bertz CT molecular complexity index is 121. The smallest absolute Gasteiger partial charge is 0.149 e. The fourth-order valence-electron chi connectivity index (χ4n) is 1.06. The molecular weight excluding hydrogens is 138 g/mol. The fraction of sp³-hybridized carbons (Fsp3) is 0.889. The van der Waals surface area contributed by atoms with Gasteiger partial charge in [0, 0.05) is 5.92 Å². The van der Waals surface area contributed by atoms with Crippen molar-refractivity contribution in [1.82, 2.24) is 4.90 Å². The zero-order valence-corrected chi connectivity index (χ0v) is 8.05. The third-order valence-electron chi connectivity index (χ3n) is 1.74. The van der Waals surface area contributed by atoms with Gasteiger partial charge in [0.2, 0.25) is 0 Å². The predicted octanol–water partition coefficient (Wildman–Crippen LogP) is 1.55. The third kappa shape index (κ3) is 4.96. The van der Waals surface area contributed by atoms with Gasteiger partial charge in [-0.3, -0.25) is 4.79 Å². The SMILES string of the molecule is CCCC(C)C(=O)CN(C)C. The molecule has 0 radical (unpaired) electrons. The lowest BCUT2D eigenvalue weighted by atomic mass is 10.0. The molecular formula is C9H19NO. The monoisotopic (exact) mass is 157 g/mol. The summed E-state index contributed by atoms with van der Waals surface area (Å²) in [5.41, 5.74) is 0. The zero-order chi connectivity index (χ0) is 8.85. The van der Waals surface area contributed by atoms with Crippen molar-refractivity contribution in [2.45, 2.75) is 26.7 Å². The van der Waals surface area contributed by atoms with Crippen LogP contribution in [0.3, 0.4) is 0 Å². The predicted molar refractivity (Wildman–Crippen MR) is 47.6 cm³/mol. The number of hydrogen-bond acceptors (Lipinski definition) is 2. The minimum absolute atomic E-state index is 0.238. The molecule has 11 heavy (non-hydrogen) atoms. The Morgan fingerprint density at radius 1 is 1.45 bits per heavy atom. The van der Waals surface area contributed by atoms with Crippen LogP contribution in [-0.2, 0) is 4.79 Å². The van der Waals surface area contributed by atoms with E-state index in [-0.39, 0.29) is 5.92 Å². The molecule has 2 heteroatoms. The Morgan fingerprint density at radius 2 is 2.00 bits per heavy atom. The van der Waals surface area contributed by atoms with Crippen LogP contribution in [0.4, 0.5) is 0 Å². The maximum atomic E-state index is 11.3. The molecule has 0 saturated heterocycles. The lowest BCUT2D eigenvalue weighted by Crippen LogP contribution is -2.26. The lowest BCUT2D eigenvalue weighted by molar-refractivity contribution is -0.123. The summed E-state index contributed by atoms with van der Waals surface area (Å²) in [5.74, 6) is 0.597. The number of likely N-dealkylation sites (N-methyl/N-ethyl adjacent to an activating group) is 1. The fourth-order valence-corrected chi connectivity index (χ4v) is 1.06. The topological polar surface area (TPSA) is 20.3 Å². The van der Waals surface area contributed by atoms with E-state index in [1.54, 1.807) is 0 Å². The summed E-state index contributed by atoms with van der Waals surface area (Å²) >= 11 is 0. The van der Waals surface area contributed by atoms with Crippen LogP contribution >= 0.6 is 0 Å². The van der Waals surface area contributed by atoms with Crippen LogP contribution in [0.5, 0.6) is 0 Å². The average molecular weight is 157 g/mol. The van der Waals surface area contributed by atoms with Gasteiger partial charge in [-0.25, -0.2) is 0 Å². The molecule has 0 aromatic carbocycles. The highest BCUT2D eigenvalue weighted by molar-refractivity contribution is 5.82. The van der Waals surface area contributed by atoms with Gasteiger partial charge in [0.15, 0.2) is 0 Å². The van der Waals surface area contributed by atoms with E-state index in [0.29, 0.717) is 12.3 Å². The highest BCUT2D eigenvalue weighted by Crippen LogP contribution is 2.06. The van der Waals surface area contributed by atoms with E-state index in [1.807, 2.05) is 25.9 Å². The molecule has 0 N–H and O–H groups in total. The number of nitrogens with zero attached hydrogens (tertiary/aromatic N) is 1. The summed E-state index contributed by atoms with van der Waals surface area (Å²) < 4.78 is 0. The van der Waals surface area contributed by atoms with E-state index < -0.39 is 0 Å². The first-order valence-electron chi connectivity index (χ1n) is 4.25. The minimum Gasteiger partial charge on any atom is -0.302 e. The van der Waals surface area contributed by atoms with Gasteiger partial charge in [0.1, 0.15) is 5.78 Å². The van der Waals surface area contributed by atoms with Gasteiger partial charge >= 0.3 is 0 Å². The highest BCUT2D eigenvalue weighted by atomic mass is 16.1. The van der Waals surface area contributed by atoms with Crippen molar-refractivity contribution in [3.05, 3.63) is 0 Å². The first kappa shape index (κ1) is 10.6. The molecule has 66 valence electrons. The maximum Gasteiger partial charge on any atom is 0.149 e. The maximum absolute atomic E-state index is 11.3. The molecule has 1 atom stereocenters. The second-order valence-electron chi connectivity index (χ2n) is 3.39. The Balaban J connectivity index is 3.64. The van der Waals surface area contributed by atoms with Gasteiger partial charge in [0.05, 0.1) is 6.54 Å². The summed E-state index contributed by atoms with van der Waals surface area (Å²) in [6.45, 7) is 4.70. The summed E-state index contributed by atoms with van der Waals surface area (Å²) in [4.78, 5) is 13.2. The van der Waals surface area contributed by atoms with E-state index in [4.69, 9.17) is 0 Å². The van der Waals surface area contributed by atoms with Gasteiger partial charge in [-0.1, -0.05) is 20.3 Å². The first-order valence-corrected chi connectivity index (χ1v) is 4.25. The van der Waals surface area contributed by atoms with Crippen LogP contribution in [0.15, 0.2) is 0 Å². The normalized spacial score (nSPS) is 13.5. The average Bonchev–Trinajstić information content (AvgIpc) is 1.86. The summed E-state index contributed by atoms with van der Waals surface area (Å²) in [6.07, 6.45) is 2.12. The quantitative estimate of drug-likeness (QED) is 0.603. The van der Waals surface area contributed by atoms with Gasteiger partial charge in [0.25, 0.3) is 0 Å². The zero-order valence-electron chi connectivity index (χ0n) is 8.05. The Labute approximate surface area is 69.6 Å². The molecule has 0 rings (SSSR count). The lowest BCUT2D eigenvalue weighted by Gasteiger charge is -2.12. The number of carbonyl (C=O) groups is 1. The van der Waals surface area contributed by atoms with Crippen LogP contribution < -0.4 is 0 Å². The number of rotatable bonds is 5. The van der Waals surface area contributed by atoms with Crippen LogP contribution in [0.2, 0.25) is 0 Å². The van der Waals surface area contributed by atoms with Gasteiger partial charge < -0.3 is 4.90 Å². The van der Waals surface area contributed by atoms with Crippen molar-refractivity contribution < 1.29 is 4.79 Å². The molecule has 0 amide bonds. The van der Waals surface area contributed by atoms with Crippen molar-refractivity contribution in [1.29, 1.82) is 0 Å². The number of ketones is 1. The second kappa shape index (κ2) is 5.30. The van der Waals surface area contributed by atoms with Crippen molar-refractivity contribution in [2.24, 2.45) is 5.92 Å². The molecule has 2 nitrogen and oxygen atoms in total. The van der Waals surface area contributed by atoms with Crippen molar-refractivity contribution >= 4 is 5.78 Å². The molecule has 0 fully saturated rings. The standard InChI is InChI=1S/C9H19NO/c1-5-6-8(2)9(11)7-10(3)4/h8H,5-7H2,1-4H3. The molecule has 0 bridgehead atoms. The van der Waals surface area contributed by atoms with Crippen LogP contribution in [-0.4, -0.2) is 31.3 Å². The molecule has 0 aliphatic rings. The van der Waals surface area contributed by atoms with E-state index in [1.165, 1.54) is 0 Å². The molecule has 0 aromatic heterocycles. The first-order chi connectivity index (χ1) is 5.07. The number of Topliss-reactive ketones (excluding diaryl/α,β-unsaturated/α-hetero) is 1. The van der Waals surface area contributed by atoms with Crippen LogP contribution in [0.25, 0.3) is 0 Å². The van der Waals surface area contributed by atoms with Crippen molar-refractivity contribution in [3.63, 3.8) is 0 Å². The molecule has 1 unspecified atom stereocenters. The van der Waals surface area contributed by atoms with E-state index in [9.17, 15) is 4.79 Å². The van der Waals surface area contributed by atoms with Crippen LogP contribution in [0.1, 0.15) is 26.7 Å². The second-order valence-corrected chi connectivity index (χ2v) is 3.39. The molecule has 0 saturated carbocycles. The number of carbonyl (C=O) groups excluding carboxylic acids is 1. The van der Waals surface area contributed by atoms with Crippen molar-refractivity contribution in [3.8, 4) is 0 Å². The highest BCUT2D eigenvalue weighted by Gasteiger charge is 2.11. The third-order valence-corrected chi connectivity index (χ3v) is 1.74. The molecule has 0 aliphatic heterocycles. The molecule has 0 spiro atoms. The summed E-state index contributed by atoms with van der Waals surface area (Å²) in [5, 5.41) is 0. The van der Waals surface area contributed by atoms with Gasteiger partial charge in [-0.15, -0.1) is 0 Å². The molecule has 0 heterocycles. The number of hydrogen-bond donors (Lipinski definition) is 0. The van der Waals surface area contributed by atoms with E-state index in [2.05, 4.69) is 6.92 Å². The summed E-state index contributed by atoms with van der Waals surface area (Å²) in [7, 11) is 3.85. The largest absolute Gasteiger partial charge is 0.302 e. The van der Waals surface area contributed by atoms with Gasteiger partial charge in [-0.05, 0) is 20.5 Å². The van der Waals surface area contributed by atoms with Gasteiger partial charge in [-0.2, -0.15) is 0 Å². The molecule has 0 aromatic rings.